The summed E-state index contributed by atoms with van der Waals surface area (Å²) in [6, 6.07) is 19.9. The van der Waals surface area contributed by atoms with Crippen molar-refractivity contribution in [2.75, 3.05) is 6.54 Å². The Bertz CT molecular complexity index is 600. The Balaban J connectivity index is 2.19. The average Bonchev–Trinajstić information content (AvgIpc) is 2.49. The Morgan fingerprint density at radius 1 is 1.00 bits per heavy atom. The Labute approximate surface area is 113 Å². The molecule has 2 nitrogen and oxygen atoms in total. The van der Waals surface area contributed by atoms with Crippen LogP contribution in [0.25, 0.3) is 11.1 Å². The fraction of sp³-hybridized carbons (Fsp3) is 0.118. The fourth-order valence-electron chi connectivity index (χ4n) is 1.90. The number of nitrogens with zero attached hydrogens (tertiary/aromatic N) is 1. The van der Waals surface area contributed by atoms with Crippen LogP contribution in [0.1, 0.15) is 11.6 Å². The molecule has 1 atom stereocenters. The monoisotopic (exact) mass is 246 g/mol. The van der Waals surface area contributed by atoms with Crippen LogP contribution in [0.5, 0.6) is 0 Å². The van der Waals surface area contributed by atoms with E-state index in [1.165, 1.54) is 5.56 Å². The zero-order valence-electron chi connectivity index (χ0n) is 10.5. The first-order valence-corrected chi connectivity index (χ1v) is 6.07. The van der Waals surface area contributed by atoms with E-state index in [9.17, 15) is 0 Å². The third-order valence-electron chi connectivity index (χ3n) is 2.89. The lowest BCUT2D eigenvalue weighted by molar-refractivity contribution is 0.691. The maximum absolute atomic E-state index is 9.11. The molecule has 0 spiro atoms. The van der Waals surface area contributed by atoms with Crippen molar-refractivity contribution in [2.24, 2.45) is 0 Å². The smallest absolute Gasteiger partial charge is 0.122 e. The van der Waals surface area contributed by atoms with Crippen molar-refractivity contribution < 1.29 is 0 Å². The van der Waals surface area contributed by atoms with E-state index < -0.39 is 0 Å². The molecule has 1 unspecified atom stereocenters. The highest BCUT2D eigenvalue weighted by Crippen LogP contribution is 2.21. The molecule has 0 aliphatic heterocycles. The molecule has 92 valence electrons. The molecule has 2 rings (SSSR count). The maximum atomic E-state index is 9.11. The van der Waals surface area contributed by atoms with Gasteiger partial charge < -0.3 is 0 Å². The van der Waals surface area contributed by atoms with Crippen molar-refractivity contribution >= 4 is 0 Å². The summed E-state index contributed by atoms with van der Waals surface area (Å²) in [7, 11) is 0. The third-order valence-corrected chi connectivity index (χ3v) is 2.89. The second-order valence-electron chi connectivity index (χ2n) is 4.14. The van der Waals surface area contributed by atoms with Crippen molar-refractivity contribution in [3.8, 4) is 29.5 Å². The first-order valence-electron chi connectivity index (χ1n) is 6.07. The minimum Gasteiger partial charge on any atom is -0.287 e. The van der Waals surface area contributed by atoms with Crippen LogP contribution in [0.3, 0.4) is 0 Å². The molecule has 1 N–H and O–H groups in total. The molecule has 2 aromatic rings. The van der Waals surface area contributed by atoms with E-state index in [2.05, 4.69) is 29.4 Å². The summed E-state index contributed by atoms with van der Waals surface area (Å²) in [5.41, 5.74) is 3.23. The highest BCUT2D eigenvalue weighted by Gasteiger charge is 2.08. The van der Waals surface area contributed by atoms with Gasteiger partial charge in [-0.3, -0.25) is 5.32 Å². The van der Waals surface area contributed by atoms with Crippen LogP contribution >= 0.6 is 0 Å². The largest absolute Gasteiger partial charge is 0.287 e. The van der Waals surface area contributed by atoms with Gasteiger partial charge in [0.15, 0.2) is 0 Å². The number of hydrogen-bond acceptors (Lipinski definition) is 2. The van der Waals surface area contributed by atoms with Gasteiger partial charge in [0.2, 0.25) is 0 Å². The number of nitriles is 1. The minimum atomic E-state index is -0.360. The van der Waals surface area contributed by atoms with Crippen LogP contribution in [0.4, 0.5) is 0 Å². The number of benzene rings is 2. The first-order chi connectivity index (χ1) is 9.35. The van der Waals surface area contributed by atoms with Crippen LogP contribution in [-0.2, 0) is 0 Å². The quantitative estimate of drug-likeness (QED) is 0.841. The van der Waals surface area contributed by atoms with Crippen LogP contribution in [-0.4, -0.2) is 6.54 Å². The summed E-state index contributed by atoms with van der Waals surface area (Å²) in [5.74, 6) is 2.48. The summed E-state index contributed by atoms with van der Waals surface area (Å²) < 4.78 is 0. The number of rotatable bonds is 4. The molecular weight excluding hydrogens is 232 g/mol. The van der Waals surface area contributed by atoms with Crippen LogP contribution in [0.15, 0.2) is 54.6 Å². The Hall–Kier alpha value is -2.55. The van der Waals surface area contributed by atoms with Gasteiger partial charge in [0, 0.05) is 0 Å². The summed E-state index contributed by atoms with van der Waals surface area (Å²) in [4.78, 5) is 0. The second-order valence-corrected chi connectivity index (χ2v) is 4.14. The summed E-state index contributed by atoms with van der Waals surface area (Å²) in [6.07, 6.45) is 5.19. The van der Waals surface area contributed by atoms with E-state index in [0.29, 0.717) is 6.54 Å². The molecular formula is C17H14N2. The molecule has 0 saturated carbocycles. The van der Waals surface area contributed by atoms with Gasteiger partial charge in [-0.15, -0.1) is 6.42 Å². The van der Waals surface area contributed by atoms with Crippen molar-refractivity contribution in [1.29, 1.82) is 5.26 Å². The topological polar surface area (TPSA) is 35.8 Å². The molecule has 2 aromatic carbocycles. The molecule has 0 bridgehead atoms. The second kappa shape index (κ2) is 6.40. The van der Waals surface area contributed by atoms with Crippen molar-refractivity contribution in [3.63, 3.8) is 0 Å². The Morgan fingerprint density at radius 2 is 1.63 bits per heavy atom. The van der Waals surface area contributed by atoms with E-state index >= 15 is 0 Å². The standard InChI is InChI=1S/C17H14N2/c1-2-12-19-17(13-18)16-10-8-15(9-11-16)14-6-4-3-5-7-14/h1,3-11,17,19H,12H2. The van der Waals surface area contributed by atoms with Gasteiger partial charge in [0.25, 0.3) is 0 Å². The molecule has 0 amide bonds. The minimum absolute atomic E-state index is 0.360. The highest BCUT2D eigenvalue weighted by atomic mass is 14.9. The zero-order chi connectivity index (χ0) is 13.5. The van der Waals surface area contributed by atoms with Crippen LogP contribution < -0.4 is 5.32 Å². The van der Waals surface area contributed by atoms with Gasteiger partial charge in [0.1, 0.15) is 6.04 Å². The normalized spacial score (nSPS) is 11.3. The highest BCUT2D eigenvalue weighted by molar-refractivity contribution is 5.63. The Morgan fingerprint density at radius 3 is 2.21 bits per heavy atom. The molecule has 19 heavy (non-hydrogen) atoms. The molecule has 2 heteroatoms. The van der Waals surface area contributed by atoms with Gasteiger partial charge in [-0.2, -0.15) is 5.26 Å². The molecule has 0 aliphatic carbocycles. The predicted octanol–water partition coefficient (Wildman–Crippen LogP) is 3.14. The van der Waals surface area contributed by atoms with Gasteiger partial charge in [-0.1, -0.05) is 60.5 Å². The fourth-order valence-corrected chi connectivity index (χ4v) is 1.90. The maximum Gasteiger partial charge on any atom is 0.122 e. The SMILES string of the molecule is C#CCNC(C#N)c1ccc(-c2ccccc2)cc1. The Kier molecular flexibility index (Phi) is 4.34. The molecule has 0 fully saturated rings. The summed E-state index contributed by atoms with van der Waals surface area (Å²) >= 11 is 0. The summed E-state index contributed by atoms with van der Waals surface area (Å²) in [5, 5.41) is 12.1. The van der Waals surface area contributed by atoms with E-state index in [1.807, 2.05) is 42.5 Å². The van der Waals surface area contributed by atoms with Crippen molar-refractivity contribution in [1.82, 2.24) is 5.32 Å². The lowest BCUT2D eigenvalue weighted by Crippen LogP contribution is -2.19. The van der Waals surface area contributed by atoms with E-state index in [0.717, 1.165) is 11.1 Å². The zero-order valence-corrected chi connectivity index (χ0v) is 10.5. The molecule has 0 heterocycles. The van der Waals surface area contributed by atoms with Gasteiger partial charge >= 0.3 is 0 Å². The predicted molar refractivity (Wildman–Crippen MR) is 77.1 cm³/mol. The molecule has 0 aliphatic rings. The summed E-state index contributed by atoms with van der Waals surface area (Å²) in [6.45, 7) is 0.388. The van der Waals surface area contributed by atoms with Crippen molar-refractivity contribution in [3.05, 3.63) is 60.2 Å². The third kappa shape index (κ3) is 3.22. The van der Waals surface area contributed by atoms with Crippen LogP contribution in [0.2, 0.25) is 0 Å². The van der Waals surface area contributed by atoms with E-state index in [4.69, 9.17) is 11.7 Å². The van der Waals surface area contributed by atoms with Crippen LogP contribution in [0, 0.1) is 23.7 Å². The van der Waals surface area contributed by atoms with E-state index in [1.54, 1.807) is 0 Å². The average molecular weight is 246 g/mol. The molecule has 0 radical (unpaired) electrons. The molecule has 0 aromatic heterocycles. The number of terminal acetylenes is 1. The first kappa shape index (κ1) is 12.9. The van der Waals surface area contributed by atoms with Gasteiger partial charge in [0.05, 0.1) is 12.6 Å². The van der Waals surface area contributed by atoms with E-state index in [-0.39, 0.29) is 6.04 Å². The lowest BCUT2D eigenvalue weighted by Gasteiger charge is -2.10. The number of hydrogen-bond donors (Lipinski definition) is 1. The lowest BCUT2D eigenvalue weighted by atomic mass is 10.0. The molecule has 0 saturated heterocycles. The van der Waals surface area contributed by atoms with Crippen molar-refractivity contribution in [2.45, 2.75) is 6.04 Å². The van der Waals surface area contributed by atoms with Gasteiger partial charge in [-0.05, 0) is 16.7 Å². The van der Waals surface area contributed by atoms with Gasteiger partial charge in [-0.25, -0.2) is 0 Å². The number of nitrogens with one attached hydrogen (secondary N) is 1.